The second kappa shape index (κ2) is 7.71. The third-order valence-electron chi connectivity index (χ3n) is 3.88. The molecule has 0 aromatic heterocycles. The molecule has 5 nitrogen and oxygen atoms in total. The first kappa shape index (κ1) is 16.2. The lowest BCUT2D eigenvalue weighted by Gasteiger charge is -2.31. The minimum Gasteiger partial charge on any atom is -0.389 e. The number of hydrogen-bond acceptors (Lipinski definition) is 5. The number of aliphatic hydroxyl groups excluding tert-OH is 1. The van der Waals surface area contributed by atoms with E-state index < -0.39 is 6.10 Å². The van der Waals surface area contributed by atoms with E-state index in [1.807, 2.05) is 0 Å². The van der Waals surface area contributed by atoms with E-state index in [1.54, 1.807) is 0 Å². The minimum atomic E-state index is -0.424. The molecule has 0 aromatic rings. The number of β-amino-alcohol motifs (C(OH)–C–C–N with tert-alkyl or cyclic N) is 1. The van der Waals surface area contributed by atoms with Gasteiger partial charge in [-0.25, -0.2) is 0 Å². The van der Waals surface area contributed by atoms with E-state index in [4.69, 9.17) is 14.2 Å². The summed E-state index contributed by atoms with van der Waals surface area (Å²) in [6, 6.07) is 0. The summed E-state index contributed by atoms with van der Waals surface area (Å²) in [5.41, 5.74) is -0.127. The molecular weight excluding hydrogens is 258 g/mol. The summed E-state index contributed by atoms with van der Waals surface area (Å²) < 4.78 is 16.9. The zero-order valence-electron chi connectivity index (χ0n) is 12.8. The van der Waals surface area contributed by atoms with Crippen LogP contribution in [0.4, 0.5) is 0 Å². The molecule has 0 radical (unpaired) electrons. The maximum absolute atomic E-state index is 10.2. The standard InChI is InChI=1S/C15H29NO4/c1-15(2)12-16(6-3-7-20-15)10-13(17)11-19-14-4-8-18-9-5-14/h13-14,17H,3-12H2,1-2H3. The average Bonchev–Trinajstić information content (AvgIpc) is 2.58. The largest absolute Gasteiger partial charge is 0.389 e. The number of aliphatic hydroxyl groups is 1. The Morgan fingerprint density at radius 1 is 1.30 bits per heavy atom. The van der Waals surface area contributed by atoms with Crippen LogP contribution in [-0.4, -0.2) is 73.9 Å². The highest BCUT2D eigenvalue weighted by molar-refractivity contribution is 4.79. The average molecular weight is 287 g/mol. The predicted octanol–water partition coefficient (Wildman–Crippen LogP) is 1.04. The number of ether oxygens (including phenoxy) is 3. The van der Waals surface area contributed by atoms with Crippen molar-refractivity contribution in [3.63, 3.8) is 0 Å². The van der Waals surface area contributed by atoms with Crippen LogP contribution < -0.4 is 0 Å². The molecule has 0 amide bonds. The van der Waals surface area contributed by atoms with Gasteiger partial charge in [-0.15, -0.1) is 0 Å². The molecule has 0 aliphatic carbocycles. The molecule has 2 saturated heterocycles. The zero-order valence-corrected chi connectivity index (χ0v) is 12.8. The van der Waals surface area contributed by atoms with E-state index in [0.717, 1.165) is 52.2 Å². The molecule has 2 heterocycles. The fraction of sp³-hybridized carbons (Fsp3) is 1.00. The second-order valence-electron chi connectivity index (χ2n) is 6.50. The summed E-state index contributed by atoms with van der Waals surface area (Å²) in [6.07, 6.45) is 2.74. The molecule has 2 aliphatic heterocycles. The van der Waals surface area contributed by atoms with Crippen LogP contribution >= 0.6 is 0 Å². The van der Waals surface area contributed by atoms with Crippen LogP contribution in [0.25, 0.3) is 0 Å². The van der Waals surface area contributed by atoms with Crippen molar-refractivity contribution in [3.8, 4) is 0 Å². The van der Waals surface area contributed by atoms with Gasteiger partial charge in [0.2, 0.25) is 0 Å². The van der Waals surface area contributed by atoms with Crippen LogP contribution in [0.15, 0.2) is 0 Å². The summed E-state index contributed by atoms with van der Waals surface area (Å²) in [5.74, 6) is 0. The molecule has 0 saturated carbocycles. The van der Waals surface area contributed by atoms with Crippen LogP contribution in [0, 0.1) is 0 Å². The van der Waals surface area contributed by atoms with Crippen molar-refractivity contribution in [3.05, 3.63) is 0 Å². The van der Waals surface area contributed by atoms with Gasteiger partial charge in [0.05, 0.1) is 24.4 Å². The maximum atomic E-state index is 10.2. The van der Waals surface area contributed by atoms with Crippen molar-refractivity contribution in [2.24, 2.45) is 0 Å². The van der Waals surface area contributed by atoms with E-state index in [0.29, 0.717) is 13.2 Å². The van der Waals surface area contributed by atoms with Crippen LogP contribution in [0.1, 0.15) is 33.1 Å². The summed E-state index contributed by atoms with van der Waals surface area (Å²) in [4.78, 5) is 2.28. The van der Waals surface area contributed by atoms with Crippen molar-refractivity contribution in [1.29, 1.82) is 0 Å². The summed E-state index contributed by atoms with van der Waals surface area (Å²) in [5, 5.41) is 10.2. The number of rotatable bonds is 5. The quantitative estimate of drug-likeness (QED) is 0.819. The molecule has 118 valence electrons. The van der Waals surface area contributed by atoms with Gasteiger partial charge in [0, 0.05) is 39.5 Å². The van der Waals surface area contributed by atoms with Crippen molar-refractivity contribution in [2.75, 3.05) is 46.1 Å². The summed E-state index contributed by atoms with van der Waals surface area (Å²) >= 11 is 0. The van der Waals surface area contributed by atoms with Gasteiger partial charge in [-0.3, -0.25) is 4.90 Å². The Morgan fingerprint density at radius 2 is 2.05 bits per heavy atom. The van der Waals surface area contributed by atoms with Gasteiger partial charge in [0.1, 0.15) is 0 Å². The Hall–Kier alpha value is -0.200. The minimum absolute atomic E-state index is 0.127. The normalized spacial score (nSPS) is 27.1. The summed E-state index contributed by atoms with van der Waals surface area (Å²) in [6.45, 7) is 9.50. The maximum Gasteiger partial charge on any atom is 0.0900 e. The molecule has 1 N–H and O–H groups in total. The fourth-order valence-corrected chi connectivity index (χ4v) is 2.90. The van der Waals surface area contributed by atoms with E-state index in [1.165, 1.54) is 0 Å². The zero-order chi connectivity index (χ0) is 14.4. The van der Waals surface area contributed by atoms with Gasteiger partial charge in [-0.1, -0.05) is 0 Å². The summed E-state index contributed by atoms with van der Waals surface area (Å²) in [7, 11) is 0. The lowest BCUT2D eigenvalue weighted by Crippen LogP contribution is -2.43. The van der Waals surface area contributed by atoms with Crippen LogP contribution in [-0.2, 0) is 14.2 Å². The highest BCUT2D eigenvalue weighted by atomic mass is 16.5. The molecule has 2 fully saturated rings. The molecule has 1 unspecified atom stereocenters. The second-order valence-corrected chi connectivity index (χ2v) is 6.50. The fourth-order valence-electron chi connectivity index (χ4n) is 2.90. The Bertz CT molecular complexity index is 279. The molecular formula is C15H29NO4. The molecule has 5 heteroatoms. The molecule has 1 atom stereocenters. The Balaban J connectivity index is 1.68. The first-order valence-electron chi connectivity index (χ1n) is 7.79. The van der Waals surface area contributed by atoms with Gasteiger partial charge in [-0.05, 0) is 33.1 Å². The van der Waals surface area contributed by atoms with Crippen LogP contribution in [0.2, 0.25) is 0 Å². The Kier molecular flexibility index (Phi) is 6.23. The monoisotopic (exact) mass is 287 g/mol. The van der Waals surface area contributed by atoms with E-state index in [9.17, 15) is 5.11 Å². The van der Waals surface area contributed by atoms with Crippen molar-refractivity contribution in [1.82, 2.24) is 4.90 Å². The number of hydrogen-bond donors (Lipinski definition) is 1. The van der Waals surface area contributed by atoms with Crippen molar-refractivity contribution < 1.29 is 19.3 Å². The molecule has 2 aliphatic rings. The predicted molar refractivity (Wildman–Crippen MR) is 76.9 cm³/mol. The van der Waals surface area contributed by atoms with Crippen LogP contribution in [0.5, 0.6) is 0 Å². The van der Waals surface area contributed by atoms with Crippen LogP contribution in [0.3, 0.4) is 0 Å². The molecule has 0 spiro atoms. The highest BCUT2D eigenvalue weighted by Crippen LogP contribution is 2.17. The van der Waals surface area contributed by atoms with E-state index in [-0.39, 0.29) is 11.7 Å². The lowest BCUT2D eigenvalue weighted by atomic mass is 10.1. The van der Waals surface area contributed by atoms with E-state index in [2.05, 4.69) is 18.7 Å². The molecule has 0 bridgehead atoms. The van der Waals surface area contributed by atoms with Crippen molar-refractivity contribution in [2.45, 2.75) is 50.9 Å². The third kappa shape index (κ3) is 5.66. The van der Waals surface area contributed by atoms with Gasteiger partial charge >= 0.3 is 0 Å². The number of nitrogens with zero attached hydrogens (tertiary/aromatic N) is 1. The van der Waals surface area contributed by atoms with Gasteiger partial charge in [0.25, 0.3) is 0 Å². The lowest BCUT2D eigenvalue weighted by molar-refractivity contribution is -0.0677. The molecule has 0 aromatic carbocycles. The van der Waals surface area contributed by atoms with Gasteiger partial charge in [0.15, 0.2) is 0 Å². The Morgan fingerprint density at radius 3 is 2.80 bits per heavy atom. The van der Waals surface area contributed by atoms with Gasteiger partial charge < -0.3 is 19.3 Å². The SMILES string of the molecule is CC1(C)CN(CC(O)COC2CCOCC2)CCCO1. The third-order valence-corrected chi connectivity index (χ3v) is 3.88. The molecule has 2 rings (SSSR count). The smallest absolute Gasteiger partial charge is 0.0900 e. The first-order chi connectivity index (χ1) is 9.55. The molecule has 20 heavy (non-hydrogen) atoms. The topological polar surface area (TPSA) is 51.2 Å². The van der Waals surface area contributed by atoms with E-state index >= 15 is 0 Å². The highest BCUT2D eigenvalue weighted by Gasteiger charge is 2.26. The van der Waals surface area contributed by atoms with Crippen molar-refractivity contribution >= 4 is 0 Å². The van der Waals surface area contributed by atoms with Gasteiger partial charge in [-0.2, -0.15) is 0 Å². The first-order valence-corrected chi connectivity index (χ1v) is 7.79. The Labute approximate surface area is 122 Å².